The van der Waals surface area contributed by atoms with Crippen molar-refractivity contribution < 1.29 is 23.8 Å². The number of nitrogens with zero attached hydrogens (tertiary/aromatic N) is 2. The van der Waals surface area contributed by atoms with Crippen LogP contribution in [0.15, 0.2) is 48.5 Å². The Hall–Kier alpha value is -3.89. The maximum Gasteiger partial charge on any atom is 0.410 e. The van der Waals surface area contributed by atoms with E-state index in [9.17, 15) is 9.59 Å². The molecule has 10 heteroatoms. The van der Waals surface area contributed by atoms with Gasteiger partial charge in [-0.25, -0.2) is 9.78 Å². The van der Waals surface area contributed by atoms with Gasteiger partial charge in [-0.2, -0.15) is 0 Å². The monoisotopic (exact) mass is 533 g/mol. The molecule has 8 nitrogen and oxygen atoms in total. The van der Waals surface area contributed by atoms with Crippen LogP contribution in [0.25, 0.3) is 26.9 Å². The number of hydrogen-bond donors (Lipinski definition) is 1. The van der Waals surface area contributed by atoms with E-state index in [0.29, 0.717) is 37.6 Å². The Balaban J connectivity index is 1.31. The Bertz CT molecular complexity index is 1510. The van der Waals surface area contributed by atoms with Crippen LogP contribution in [0.3, 0.4) is 0 Å². The first kappa shape index (κ1) is 23.5. The van der Waals surface area contributed by atoms with Crippen LogP contribution in [0.2, 0.25) is 0 Å². The summed E-state index contributed by atoms with van der Waals surface area (Å²) in [6.07, 6.45) is 3.59. The number of nitrogens with one attached hydrogen (secondary N) is 1. The van der Waals surface area contributed by atoms with E-state index in [1.54, 1.807) is 29.2 Å². The number of hydrogen-bond acceptors (Lipinski definition) is 8. The van der Waals surface area contributed by atoms with E-state index in [0.717, 1.165) is 41.8 Å². The van der Waals surface area contributed by atoms with Crippen LogP contribution in [0.1, 0.15) is 22.9 Å². The number of rotatable bonds is 5. The minimum atomic E-state index is -0.319. The first-order chi connectivity index (χ1) is 18.1. The fraction of sp³-hybridized carbons (Fsp3) is 0.222. The Kier molecular flexibility index (Phi) is 6.27. The standard InChI is InChI=1S/C27H23N3O5S2/c1-2-33-27(32)30-12-11-17-22(14-30)37-26(24(17)25-28-18-5-3-4-6-21(18)36-25)29-23(31)10-8-16-7-9-19-20(13-16)35-15-34-19/h3-10,13H,2,11-12,14-15H2,1H3,(H,29,31)/b10-8+. The summed E-state index contributed by atoms with van der Waals surface area (Å²) in [6.45, 7) is 3.33. The number of thiophene rings is 1. The highest BCUT2D eigenvalue weighted by Crippen LogP contribution is 2.45. The fourth-order valence-electron chi connectivity index (χ4n) is 4.41. The molecule has 2 amide bonds. The molecule has 0 spiro atoms. The zero-order valence-corrected chi connectivity index (χ0v) is 21.6. The minimum Gasteiger partial charge on any atom is -0.454 e. The van der Waals surface area contributed by atoms with E-state index in [2.05, 4.69) is 5.32 Å². The Morgan fingerprint density at radius 1 is 1.16 bits per heavy atom. The maximum absolute atomic E-state index is 13.0. The van der Waals surface area contributed by atoms with Crippen molar-refractivity contribution in [1.29, 1.82) is 0 Å². The van der Waals surface area contributed by atoms with E-state index in [1.807, 2.05) is 42.5 Å². The Labute approximate surface area is 221 Å². The predicted octanol–water partition coefficient (Wildman–Crippen LogP) is 5.92. The average Bonchev–Trinajstić information content (AvgIpc) is 3.62. The topological polar surface area (TPSA) is 90.0 Å². The van der Waals surface area contributed by atoms with Crippen molar-refractivity contribution in [3.63, 3.8) is 0 Å². The van der Waals surface area contributed by atoms with Gasteiger partial charge in [0.1, 0.15) is 10.0 Å². The molecule has 0 bridgehead atoms. The molecule has 2 aromatic heterocycles. The van der Waals surface area contributed by atoms with Crippen molar-refractivity contribution in [1.82, 2.24) is 9.88 Å². The van der Waals surface area contributed by atoms with Gasteiger partial charge >= 0.3 is 6.09 Å². The van der Waals surface area contributed by atoms with Gasteiger partial charge in [-0.05, 0) is 54.8 Å². The molecule has 0 unspecified atom stereocenters. The van der Waals surface area contributed by atoms with Crippen LogP contribution in [-0.4, -0.2) is 41.8 Å². The van der Waals surface area contributed by atoms with Crippen molar-refractivity contribution in [2.45, 2.75) is 19.9 Å². The lowest BCUT2D eigenvalue weighted by atomic mass is 10.0. The van der Waals surface area contributed by atoms with Crippen LogP contribution >= 0.6 is 22.7 Å². The predicted molar refractivity (Wildman–Crippen MR) is 144 cm³/mol. The molecule has 4 aromatic rings. The maximum atomic E-state index is 13.0. The van der Waals surface area contributed by atoms with Gasteiger partial charge in [0.2, 0.25) is 12.7 Å². The average molecular weight is 534 g/mol. The van der Waals surface area contributed by atoms with E-state index >= 15 is 0 Å². The summed E-state index contributed by atoms with van der Waals surface area (Å²) in [4.78, 5) is 33.0. The van der Waals surface area contributed by atoms with Crippen LogP contribution in [-0.2, 0) is 22.5 Å². The van der Waals surface area contributed by atoms with Crippen molar-refractivity contribution in [2.75, 3.05) is 25.3 Å². The van der Waals surface area contributed by atoms with Gasteiger partial charge in [-0.3, -0.25) is 4.79 Å². The van der Waals surface area contributed by atoms with Gasteiger partial charge in [0.05, 0.1) is 23.4 Å². The molecule has 37 heavy (non-hydrogen) atoms. The van der Waals surface area contributed by atoms with Crippen molar-refractivity contribution in [3.05, 3.63) is 64.5 Å². The molecule has 2 aliphatic heterocycles. The zero-order valence-electron chi connectivity index (χ0n) is 20.0. The lowest BCUT2D eigenvalue weighted by Gasteiger charge is -2.26. The van der Waals surface area contributed by atoms with Crippen LogP contribution in [0, 0.1) is 0 Å². The summed E-state index contributed by atoms with van der Waals surface area (Å²) >= 11 is 3.09. The third-order valence-electron chi connectivity index (χ3n) is 6.15. The molecule has 0 radical (unpaired) electrons. The normalized spacial score (nSPS) is 14.2. The third kappa shape index (κ3) is 4.65. The number of aromatic nitrogens is 1. The number of para-hydroxylation sites is 1. The number of amides is 2. The van der Waals surface area contributed by atoms with Gasteiger partial charge in [0.25, 0.3) is 0 Å². The summed E-state index contributed by atoms with van der Waals surface area (Å²) in [7, 11) is 0. The molecule has 0 fully saturated rings. The summed E-state index contributed by atoms with van der Waals surface area (Å²) in [5.41, 5.74) is 3.82. The van der Waals surface area contributed by atoms with Crippen molar-refractivity contribution in [2.24, 2.45) is 0 Å². The quantitative estimate of drug-likeness (QED) is 0.320. The highest BCUT2D eigenvalue weighted by Gasteiger charge is 2.30. The van der Waals surface area contributed by atoms with E-state index in [1.165, 1.54) is 17.4 Å². The van der Waals surface area contributed by atoms with Gasteiger partial charge in [0, 0.05) is 23.1 Å². The first-order valence-electron chi connectivity index (χ1n) is 11.9. The SMILES string of the molecule is CCOC(=O)N1CCc2c(sc(NC(=O)/C=C/c3ccc4c(c3)OCO4)c2-c2nc3ccccc3s2)C1. The highest BCUT2D eigenvalue weighted by molar-refractivity contribution is 7.23. The Morgan fingerprint density at radius 2 is 2.03 bits per heavy atom. The third-order valence-corrected chi connectivity index (χ3v) is 8.34. The molecule has 4 heterocycles. The fourth-order valence-corrected chi connectivity index (χ4v) is 6.79. The molecule has 1 N–H and O–H groups in total. The molecule has 188 valence electrons. The lowest BCUT2D eigenvalue weighted by Crippen LogP contribution is -2.35. The number of thiazole rings is 1. The molecule has 2 aliphatic rings. The van der Waals surface area contributed by atoms with Gasteiger partial charge in [-0.15, -0.1) is 22.7 Å². The number of fused-ring (bicyclic) bond motifs is 3. The smallest absolute Gasteiger partial charge is 0.410 e. The molecule has 0 aliphatic carbocycles. The number of ether oxygens (including phenoxy) is 3. The van der Waals surface area contributed by atoms with Crippen molar-refractivity contribution in [3.8, 4) is 22.1 Å². The minimum absolute atomic E-state index is 0.203. The number of carbonyl (C=O) groups excluding carboxylic acids is 2. The van der Waals surface area contributed by atoms with E-state index in [-0.39, 0.29) is 18.8 Å². The second kappa shape index (κ2) is 9.87. The molecule has 2 aromatic carbocycles. The van der Waals surface area contributed by atoms with Crippen LogP contribution in [0.5, 0.6) is 11.5 Å². The highest BCUT2D eigenvalue weighted by atomic mass is 32.1. The summed E-state index contributed by atoms with van der Waals surface area (Å²) < 4.78 is 17.1. The molecular formula is C27H23N3O5S2. The zero-order chi connectivity index (χ0) is 25.4. The number of anilines is 1. The first-order valence-corrected chi connectivity index (χ1v) is 13.5. The van der Waals surface area contributed by atoms with Gasteiger partial charge < -0.3 is 24.4 Å². The largest absolute Gasteiger partial charge is 0.454 e. The number of carbonyl (C=O) groups is 2. The molecule has 6 rings (SSSR count). The second-order valence-electron chi connectivity index (χ2n) is 8.50. The van der Waals surface area contributed by atoms with Gasteiger partial charge in [-0.1, -0.05) is 18.2 Å². The second-order valence-corrected chi connectivity index (χ2v) is 10.6. The summed E-state index contributed by atoms with van der Waals surface area (Å²) in [6, 6.07) is 13.5. The van der Waals surface area contributed by atoms with Crippen molar-refractivity contribution >= 4 is 56.0 Å². The molecule has 0 atom stereocenters. The lowest BCUT2D eigenvalue weighted by molar-refractivity contribution is -0.111. The van der Waals surface area contributed by atoms with Gasteiger partial charge in [0.15, 0.2) is 11.5 Å². The van der Waals surface area contributed by atoms with E-state index < -0.39 is 0 Å². The van der Waals surface area contributed by atoms with Crippen LogP contribution in [0.4, 0.5) is 9.80 Å². The summed E-state index contributed by atoms with van der Waals surface area (Å²) in [5.74, 6) is 1.11. The molecular weight excluding hydrogens is 510 g/mol. The number of benzene rings is 2. The molecule has 0 saturated heterocycles. The Morgan fingerprint density at radius 3 is 2.89 bits per heavy atom. The molecule has 0 saturated carbocycles. The van der Waals surface area contributed by atoms with Crippen LogP contribution < -0.4 is 14.8 Å². The summed E-state index contributed by atoms with van der Waals surface area (Å²) in [5, 5.41) is 4.66. The van der Waals surface area contributed by atoms with E-state index in [4.69, 9.17) is 19.2 Å².